The number of aliphatic hydroxyl groups excluding tert-OH is 1. The number of fused-ring (bicyclic) bond motifs is 2. The van der Waals surface area contributed by atoms with Crippen molar-refractivity contribution in [3.63, 3.8) is 0 Å². The first-order valence-electron chi connectivity index (χ1n) is 7.48. The highest BCUT2D eigenvalue weighted by Crippen LogP contribution is 2.39. The molecule has 0 aliphatic carbocycles. The first-order valence-corrected chi connectivity index (χ1v) is 7.48. The summed E-state index contributed by atoms with van der Waals surface area (Å²) in [5.74, 6) is 1.86. The van der Waals surface area contributed by atoms with Crippen molar-refractivity contribution >= 4 is 5.78 Å². The van der Waals surface area contributed by atoms with Crippen LogP contribution < -0.4 is 14.2 Å². The molecule has 5 heteroatoms. The van der Waals surface area contributed by atoms with Crippen molar-refractivity contribution in [3.8, 4) is 17.2 Å². The largest absolute Gasteiger partial charge is 0.492 e. The lowest BCUT2D eigenvalue weighted by atomic mass is 9.75. The second-order valence-electron chi connectivity index (χ2n) is 5.92. The van der Waals surface area contributed by atoms with Crippen LogP contribution in [0.25, 0.3) is 0 Å². The van der Waals surface area contributed by atoms with E-state index in [4.69, 9.17) is 14.2 Å². The molecule has 0 amide bonds. The standard InChI is InChI=1S/C18H16O5/c19-9-18(8-12-5-6-15-16(7-12)23-11-22-15)10-21-14-4-2-1-3-13(14)17(18)20/h1-7,19H,8-11H2. The number of Topliss-reactive ketones (excluding diaryl/α,β-unsaturated/α-hetero) is 1. The number of rotatable bonds is 3. The Morgan fingerprint density at radius 1 is 1.00 bits per heavy atom. The normalized spacial score (nSPS) is 21.7. The Morgan fingerprint density at radius 3 is 2.70 bits per heavy atom. The van der Waals surface area contributed by atoms with Crippen molar-refractivity contribution in [2.45, 2.75) is 6.42 Å². The lowest BCUT2D eigenvalue weighted by molar-refractivity contribution is 0.0383. The monoisotopic (exact) mass is 312 g/mol. The van der Waals surface area contributed by atoms with E-state index in [0.29, 0.717) is 29.2 Å². The van der Waals surface area contributed by atoms with Gasteiger partial charge in [0, 0.05) is 0 Å². The van der Waals surface area contributed by atoms with Gasteiger partial charge in [0.1, 0.15) is 12.4 Å². The summed E-state index contributed by atoms with van der Waals surface area (Å²) in [4.78, 5) is 12.9. The first kappa shape index (κ1) is 14.1. The van der Waals surface area contributed by atoms with Gasteiger partial charge >= 0.3 is 0 Å². The number of ketones is 1. The fraction of sp³-hybridized carbons (Fsp3) is 0.278. The van der Waals surface area contributed by atoms with Crippen molar-refractivity contribution in [1.82, 2.24) is 0 Å². The number of ether oxygens (including phenoxy) is 3. The molecule has 0 spiro atoms. The number of hydrogen-bond donors (Lipinski definition) is 1. The number of aliphatic hydroxyl groups is 1. The van der Waals surface area contributed by atoms with Crippen LogP contribution in [0.4, 0.5) is 0 Å². The third-order valence-electron chi connectivity index (χ3n) is 4.40. The van der Waals surface area contributed by atoms with E-state index in [1.54, 1.807) is 18.2 Å². The third kappa shape index (κ3) is 2.24. The zero-order valence-corrected chi connectivity index (χ0v) is 12.5. The second-order valence-corrected chi connectivity index (χ2v) is 5.92. The van der Waals surface area contributed by atoms with E-state index in [2.05, 4.69) is 0 Å². The van der Waals surface area contributed by atoms with Crippen LogP contribution >= 0.6 is 0 Å². The minimum atomic E-state index is -0.970. The third-order valence-corrected chi connectivity index (χ3v) is 4.40. The SMILES string of the molecule is O=C1c2ccccc2OCC1(CO)Cc1ccc2c(c1)OCO2. The Labute approximate surface area is 133 Å². The molecule has 0 aromatic heterocycles. The lowest BCUT2D eigenvalue weighted by Gasteiger charge is -2.35. The summed E-state index contributed by atoms with van der Waals surface area (Å²) in [5.41, 5.74) is 0.454. The molecule has 118 valence electrons. The Bertz CT molecular complexity index is 770. The van der Waals surface area contributed by atoms with E-state index in [1.165, 1.54) is 0 Å². The van der Waals surface area contributed by atoms with E-state index in [0.717, 1.165) is 5.56 Å². The predicted molar refractivity (Wildman–Crippen MR) is 82.1 cm³/mol. The molecule has 2 aliphatic rings. The average Bonchev–Trinajstić information content (AvgIpc) is 3.05. The van der Waals surface area contributed by atoms with Crippen molar-refractivity contribution in [2.75, 3.05) is 20.0 Å². The van der Waals surface area contributed by atoms with E-state index in [-0.39, 0.29) is 25.8 Å². The maximum Gasteiger partial charge on any atom is 0.231 e. The van der Waals surface area contributed by atoms with Crippen LogP contribution in [0.1, 0.15) is 15.9 Å². The van der Waals surface area contributed by atoms with Gasteiger partial charge in [-0.15, -0.1) is 0 Å². The van der Waals surface area contributed by atoms with E-state index < -0.39 is 5.41 Å². The van der Waals surface area contributed by atoms with Crippen LogP contribution in [0, 0.1) is 5.41 Å². The van der Waals surface area contributed by atoms with Gasteiger partial charge in [-0.05, 0) is 36.2 Å². The van der Waals surface area contributed by atoms with Gasteiger partial charge in [-0.1, -0.05) is 18.2 Å². The van der Waals surface area contributed by atoms with Gasteiger partial charge in [-0.2, -0.15) is 0 Å². The maximum atomic E-state index is 12.9. The van der Waals surface area contributed by atoms with Crippen LogP contribution in [0.3, 0.4) is 0 Å². The number of para-hydroxylation sites is 1. The van der Waals surface area contributed by atoms with Crippen LogP contribution in [0.15, 0.2) is 42.5 Å². The van der Waals surface area contributed by atoms with E-state index >= 15 is 0 Å². The van der Waals surface area contributed by atoms with Gasteiger partial charge in [0.2, 0.25) is 6.79 Å². The van der Waals surface area contributed by atoms with Crippen LogP contribution in [0.2, 0.25) is 0 Å². The summed E-state index contributed by atoms with van der Waals surface area (Å²) in [6.45, 7) is 0.0990. The highest BCUT2D eigenvalue weighted by atomic mass is 16.7. The Hall–Kier alpha value is -2.53. The molecule has 0 fully saturated rings. The Balaban J connectivity index is 1.67. The minimum absolute atomic E-state index is 0.0838. The van der Waals surface area contributed by atoms with Gasteiger partial charge in [-0.3, -0.25) is 4.79 Å². The van der Waals surface area contributed by atoms with Crippen molar-refractivity contribution < 1.29 is 24.1 Å². The molecule has 1 unspecified atom stereocenters. The van der Waals surface area contributed by atoms with Gasteiger partial charge in [0.15, 0.2) is 17.3 Å². The lowest BCUT2D eigenvalue weighted by Crippen LogP contribution is -2.45. The van der Waals surface area contributed by atoms with Crippen LogP contribution in [-0.2, 0) is 6.42 Å². The topological polar surface area (TPSA) is 65.0 Å². The Kier molecular flexibility index (Phi) is 3.23. The molecule has 1 N–H and O–H groups in total. The molecule has 23 heavy (non-hydrogen) atoms. The molecule has 0 bridgehead atoms. The maximum absolute atomic E-state index is 12.9. The second kappa shape index (κ2) is 5.28. The van der Waals surface area contributed by atoms with Gasteiger partial charge in [0.05, 0.1) is 17.6 Å². The van der Waals surface area contributed by atoms with Crippen LogP contribution in [0.5, 0.6) is 17.2 Å². The molecule has 0 radical (unpaired) electrons. The smallest absolute Gasteiger partial charge is 0.231 e. The molecule has 2 aromatic rings. The number of carbonyl (C=O) groups excluding carboxylic acids is 1. The molecular formula is C18H16O5. The molecule has 1 atom stereocenters. The summed E-state index contributed by atoms with van der Waals surface area (Å²) < 4.78 is 16.4. The quantitative estimate of drug-likeness (QED) is 0.941. The molecule has 2 heterocycles. The van der Waals surface area contributed by atoms with Crippen LogP contribution in [-0.4, -0.2) is 30.9 Å². The molecule has 0 saturated carbocycles. The van der Waals surface area contributed by atoms with E-state index in [1.807, 2.05) is 24.3 Å². The molecular weight excluding hydrogens is 296 g/mol. The van der Waals surface area contributed by atoms with Gasteiger partial charge in [-0.25, -0.2) is 0 Å². The zero-order chi connectivity index (χ0) is 15.9. The van der Waals surface area contributed by atoms with Crippen molar-refractivity contribution in [3.05, 3.63) is 53.6 Å². The fourth-order valence-electron chi connectivity index (χ4n) is 3.09. The van der Waals surface area contributed by atoms with Crippen molar-refractivity contribution in [1.29, 1.82) is 0 Å². The molecule has 2 aromatic carbocycles. The van der Waals surface area contributed by atoms with E-state index in [9.17, 15) is 9.90 Å². The summed E-state index contributed by atoms with van der Waals surface area (Å²) in [6.07, 6.45) is 0.382. The average molecular weight is 312 g/mol. The highest BCUT2D eigenvalue weighted by Gasteiger charge is 2.44. The molecule has 5 nitrogen and oxygen atoms in total. The summed E-state index contributed by atoms with van der Waals surface area (Å²) in [7, 11) is 0. The predicted octanol–water partition coefficient (Wildman–Crippen LogP) is 2.21. The molecule has 0 saturated heterocycles. The van der Waals surface area contributed by atoms with Gasteiger partial charge < -0.3 is 19.3 Å². The summed E-state index contributed by atoms with van der Waals surface area (Å²) in [6, 6.07) is 12.7. The number of carbonyl (C=O) groups is 1. The van der Waals surface area contributed by atoms with Crippen molar-refractivity contribution in [2.24, 2.45) is 5.41 Å². The molecule has 4 rings (SSSR count). The first-order chi connectivity index (χ1) is 11.2. The summed E-state index contributed by atoms with van der Waals surface area (Å²) >= 11 is 0. The highest BCUT2D eigenvalue weighted by molar-refractivity contribution is 6.04. The Morgan fingerprint density at radius 2 is 1.83 bits per heavy atom. The fourth-order valence-corrected chi connectivity index (χ4v) is 3.09. The summed E-state index contributed by atoms with van der Waals surface area (Å²) in [5, 5.41) is 9.94. The van der Waals surface area contributed by atoms with Gasteiger partial charge in [0.25, 0.3) is 0 Å². The number of benzene rings is 2. The zero-order valence-electron chi connectivity index (χ0n) is 12.5. The minimum Gasteiger partial charge on any atom is -0.492 e. The molecule has 2 aliphatic heterocycles. The number of hydrogen-bond acceptors (Lipinski definition) is 5.